The van der Waals surface area contributed by atoms with Crippen LogP contribution in [0.25, 0.3) is 0 Å². The van der Waals surface area contributed by atoms with Crippen molar-refractivity contribution in [2.75, 3.05) is 13.1 Å². The van der Waals surface area contributed by atoms with Gasteiger partial charge in [-0.3, -0.25) is 14.5 Å². The predicted molar refractivity (Wildman–Crippen MR) is 66.2 cm³/mol. The second-order valence-electron chi connectivity index (χ2n) is 4.75. The molecule has 2 amide bonds. The van der Waals surface area contributed by atoms with Crippen LogP contribution in [0.2, 0.25) is 0 Å². The minimum Gasteiger partial charge on any atom is -0.326 e. The molecule has 3 rings (SSSR count). The summed E-state index contributed by atoms with van der Waals surface area (Å²) in [6.07, 6.45) is 0.776. The summed E-state index contributed by atoms with van der Waals surface area (Å²) < 4.78 is 0. The van der Waals surface area contributed by atoms with Gasteiger partial charge in [-0.1, -0.05) is 12.1 Å². The molecule has 0 aliphatic carbocycles. The number of nitrogens with two attached hydrogens (primary N) is 1. The number of hydrogen-bond donors (Lipinski definition) is 2. The highest BCUT2D eigenvalue weighted by Crippen LogP contribution is 2.26. The first-order valence-electron chi connectivity index (χ1n) is 6.13. The van der Waals surface area contributed by atoms with E-state index >= 15 is 0 Å². The van der Waals surface area contributed by atoms with Crippen molar-refractivity contribution in [3.05, 3.63) is 35.4 Å². The average Bonchev–Trinajstić information content (AvgIpc) is 2.64. The average molecular weight is 245 g/mol. The molecule has 18 heavy (non-hydrogen) atoms. The Morgan fingerprint density at radius 2 is 1.78 bits per heavy atom. The number of benzene rings is 1. The summed E-state index contributed by atoms with van der Waals surface area (Å²) in [5.41, 5.74) is 7.00. The van der Waals surface area contributed by atoms with E-state index in [4.69, 9.17) is 5.73 Å². The zero-order valence-corrected chi connectivity index (χ0v) is 9.93. The maximum absolute atomic E-state index is 12.3. The number of piperidine rings is 1. The highest BCUT2D eigenvalue weighted by Gasteiger charge is 2.42. The lowest BCUT2D eigenvalue weighted by molar-refractivity contribution is 0.0540. The molecule has 1 aromatic carbocycles. The fourth-order valence-corrected chi connectivity index (χ4v) is 2.65. The quantitative estimate of drug-likeness (QED) is 0.681. The van der Waals surface area contributed by atoms with Crippen LogP contribution in [0.4, 0.5) is 0 Å². The number of carbonyl (C=O) groups excluding carboxylic acids is 2. The topological polar surface area (TPSA) is 75.4 Å². The van der Waals surface area contributed by atoms with Gasteiger partial charge in [-0.2, -0.15) is 0 Å². The van der Waals surface area contributed by atoms with Gasteiger partial charge in [0.25, 0.3) is 11.8 Å². The number of hydrogen-bond acceptors (Lipinski definition) is 4. The van der Waals surface area contributed by atoms with Gasteiger partial charge in [0.15, 0.2) is 0 Å². The van der Waals surface area contributed by atoms with Crippen LogP contribution in [-0.4, -0.2) is 41.9 Å². The summed E-state index contributed by atoms with van der Waals surface area (Å²) >= 11 is 0. The number of fused-ring (bicyclic) bond motifs is 1. The molecule has 5 nitrogen and oxygen atoms in total. The smallest absolute Gasteiger partial charge is 0.261 e. The van der Waals surface area contributed by atoms with Crippen molar-refractivity contribution in [3.8, 4) is 0 Å². The molecule has 2 unspecified atom stereocenters. The molecule has 3 N–H and O–H groups in total. The van der Waals surface area contributed by atoms with E-state index in [1.807, 2.05) is 0 Å². The van der Waals surface area contributed by atoms with Crippen molar-refractivity contribution in [2.45, 2.75) is 18.5 Å². The summed E-state index contributed by atoms with van der Waals surface area (Å²) in [5.74, 6) is -0.445. The van der Waals surface area contributed by atoms with Gasteiger partial charge in [-0.05, 0) is 25.1 Å². The normalized spacial score (nSPS) is 27.5. The molecule has 5 heteroatoms. The summed E-state index contributed by atoms with van der Waals surface area (Å²) in [4.78, 5) is 25.9. The minimum atomic E-state index is -0.244. The van der Waals surface area contributed by atoms with Gasteiger partial charge in [0.1, 0.15) is 0 Å². The minimum absolute atomic E-state index is 0.145. The Hall–Kier alpha value is -1.72. The Kier molecular flexibility index (Phi) is 2.65. The van der Waals surface area contributed by atoms with E-state index in [0.29, 0.717) is 17.7 Å². The third kappa shape index (κ3) is 1.55. The molecule has 0 saturated carbocycles. The molecule has 0 radical (unpaired) electrons. The fraction of sp³-hybridized carbons (Fsp3) is 0.385. The van der Waals surface area contributed by atoms with Crippen LogP contribution >= 0.6 is 0 Å². The van der Waals surface area contributed by atoms with E-state index in [2.05, 4.69) is 5.32 Å². The second kappa shape index (κ2) is 4.19. The van der Waals surface area contributed by atoms with Gasteiger partial charge in [-0.25, -0.2) is 0 Å². The predicted octanol–water partition coefficient (Wildman–Crippen LogP) is -0.0282. The standard InChI is InChI=1S/C13H15N3O2/c14-10-5-6-15-7-11(10)16-12(17)8-3-1-2-4-9(8)13(16)18/h1-4,10-11,15H,5-7,14H2. The van der Waals surface area contributed by atoms with Crippen LogP contribution in [0.15, 0.2) is 24.3 Å². The zero-order valence-electron chi connectivity index (χ0n) is 9.93. The Morgan fingerprint density at radius 1 is 1.17 bits per heavy atom. The number of amides is 2. The summed E-state index contributed by atoms with van der Waals surface area (Å²) in [6.45, 7) is 1.41. The number of rotatable bonds is 1. The van der Waals surface area contributed by atoms with Gasteiger partial charge in [-0.15, -0.1) is 0 Å². The maximum atomic E-state index is 12.3. The van der Waals surface area contributed by atoms with Crippen molar-refractivity contribution in [2.24, 2.45) is 5.73 Å². The molecule has 0 spiro atoms. The largest absolute Gasteiger partial charge is 0.326 e. The lowest BCUT2D eigenvalue weighted by Gasteiger charge is -2.34. The fourth-order valence-electron chi connectivity index (χ4n) is 2.65. The van der Waals surface area contributed by atoms with Gasteiger partial charge in [0.2, 0.25) is 0 Å². The summed E-state index contributed by atoms with van der Waals surface area (Å²) in [6, 6.07) is 6.54. The van der Waals surface area contributed by atoms with Crippen LogP contribution in [0.3, 0.4) is 0 Å². The van der Waals surface area contributed by atoms with Crippen molar-refractivity contribution < 1.29 is 9.59 Å². The number of nitrogens with one attached hydrogen (secondary N) is 1. The molecule has 0 bridgehead atoms. The van der Waals surface area contributed by atoms with Crippen LogP contribution in [-0.2, 0) is 0 Å². The first-order valence-corrected chi connectivity index (χ1v) is 6.13. The molecular weight excluding hydrogens is 230 g/mol. The molecule has 94 valence electrons. The van der Waals surface area contributed by atoms with Crippen LogP contribution in [0, 0.1) is 0 Å². The number of imide groups is 1. The maximum Gasteiger partial charge on any atom is 0.261 e. The Bertz CT molecular complexity index is 480. The monoisotopic (exact) mass is 245 g/mol. The first kappa shape index (κ1) is 11.4. The molecule has 1 aromatic rings. The first-order chi connectivity index (χ1) is 8.70. The molecule has 2 atom stereocenters. The Balaban J connectivity index is 1.96. The van der Waals surface area contributed by atoms with E-state index < -0.39 is 0 Å². The van der Waals surface area contributed by atoms with E-state index in [0.717, 1.165) is 13.0 Å². The highest BCUT2D eigenvalue weighted by molar-refractivity contribution is 6.21. The van der Waals surface area contributed by atoms with Gasteiger partial charge >= 0.3 is 0 Å². The van der Waals surface area contributed by atoms with Crippen molar-refractivity contribution in [3.63, 3.8) is 0 Å². The highest BCUT2D eigenvalue weighted by atomic mass is 16.2. The third-order valence-corrected chi connectivity index (χ3v) is 3.66. The van der Waals surface area contributed by atoms with Gasteiger partial charge in [0, 0.05) is 12.6 Å². The third-order valence-electron chi connectivity index (χ3n) is 3.66. The zero-order chi connectivity index (χ0) is 12.7. The Morgan fingerprint density at radius 3 is 2.33 bits per heavy atom. The van der Waals surface area contributed by atoms with Gasteiger partial charge < -0.3 is 11.1 Å². The molecule has 2 heterocycles. The van der Waals surface area contributed by atoms with E-state index in [9.17, 15) is 9.59 Å². The van der Waals surface area contributed by atoms with Crippen LogP contribution in [0.5, 0.6) is 0 Å². The summed E-state index contributed by atoms with van der Waals surface area (Å²) in [5, 5.41) is 3.18. The van der Waals surface area contributed by atoms with E-state index in [1.165, 1.54) is 4.90 Å². The molecule has 0 aromatic heterocycles. The number of nitrogens with zero attached hydrogens (tertiary/aromatic N) is 1. The SMILES string of the molecule is NC1CCNCC1N1C(=O)c2ccccc2C1=O. The van der Waals surface area contributed by atoms with E-state index in [-0.39, 0.29) is 23.9 Å². The molecule has 1 fully saturated rings. The van der Waals surface area contributed by atoms with E-state index in [1.54, 1.807) is 24.3 Å². The van der Waals surface area contributed by atoms with Gasteiger partial charge in [0.05, 0.1) is 17.2 Å². The lowest BCUT2D eigenvalue weighted by Crippen LogP contribution is -2.58. The molecule has 1 saturated heterocycles. The Labute approximate surface area is 105 Å². The van der Waals surface area contributed by atoms with Crippen LogP contribution in [0.1, 0.15) is 27.1 Å². The van der Waals surface area contributed by atoms with Crippen molar-refractivity contribution in [1.29, 1.82) is 0 Å². The molecule has 2 aliphatic heterocycles. The molecule has 2 aliphatic rings. The lowest BCUT2D eigenvalue weighted by atomic mass is 10.0. The second-order valence-corrected chi connectivity index (χ2v) is 4.75. The van der Waals surface area contributed by atoms with Crippen LogP contribution < -0.4 is 11.1 Å². The molecular formula is C13H15N3O2. The van der Waals surface area contributed by atoms with Crippen molar-refractivity contribution >= 4 is 11.8 Å². The van der Waals surface area contributed by atoms with Crippen molar-refractivity contribution in [1.82, 2.24) is 10.2 Å². The summed E-state index contributed by atoms with van der Waals surface area (Å²) in [7, 11) is 0. The number of carbonyl (C=O) groups is 2.